The molecular weight excluding hydrogens is 200 g/mol. The van der Waals surface area contributed by atoms with Crippen molar-refractivity contribution in [3.05, 3.63) is 0 Å². The SMILES string of the molecule is CC1CC2(CS1)C(=O)NC(=O)CN2C. The Morgan fingerprint density at radius 3 is 2.79 bits per heavy atom. The van der Waals surface area contributed by atoms with Gasteiger partial charge in [0.25, 0.3) is 0 Å². The molecule has 0 aromatic carbocycles. The summed E-state index contributed by atoms with van der Waals surface area (Å²) in [7, 11) is 1.86. The van der Waals surface area contributed by atoms with Crippen molar-refractivity contribution < 1.29 is 9.59 Å². The normalized spacial score (nSPS) is 39.1. The van der Waals surface area contributed by atoms with Crippen LogP contribution in [0.3, 0.4) is 0 Å². The van der Waals surface area contributed by atoms with Crippen LogP contribution in [0.1, 0.15) is 13.3 Å². The smallest absolute Gasteiger partial charge is 0.248 e. The number of hydrogen-bond donors (Lipinski definition) is 1. The van der Waals surface area contributed by atoms with Crippen molar-refractivity contribution in [3.63, 3.8) is 0 Å². The van der Waals surface area contributed by atoms with E-state index >= 15 is 0 Å². The second kappa shape index (κ2) is 3.24. The van der Waals surface area contributed by atoms with Crippen molar-refractivity contribution in [2.24, 2.45) is 0 Å². The van der Waals surface area contributed by atoms with Gasteiger partial charge in [-0.25, -0.2) is 0 Å². The summed E-state index contributed by atoms with van der Waals surface area (Å²) >= 11 is 1.80. The van der Waals surface area contributed by atoms with Crippen LogP contribution in [0, 0.1) is 0 Å². The van der Waals surface area contributed by atoms with Crippen LogP contribution in [0.4, 0.5) is 0 Å². The highest BCUT2D eigenvalue weighted by Gasteiger charge is 2.50. The highest BCUT2D eigenvalue weighted by Crippen LogP contribution is 2.39. The third-order valence-electron chi connectivity index (χ3n) is 3.02. The van der Waals surface area contributed by atoms with Crippen molar-refractivity contribution in [2.45, 2.75) is 24.1 Å². The minimum absolute atomic E-state index is 0.117. The van der Waals surface area contributed by atoms with Crippen LogP contribution >= 0.6 is 11.8 Å². The highest BCUT2D eigenvalue weighted by molar-refractivity contribution is 8.00. The van der Waals surface area contributed by atoms with Crippen molar-refractivity contribution in [2.75, 3.05) is 19.3 Å². The minimum Gasteiger partial charge on any atom is -0.294 e. The molecule has 2 rings (SSSR count). The fourth-order valence-corrected chi connectivity index (χ4v) is 3.54. The molecule has 0 aromatic heterocycles. The average Bonchev–Trinajstić information content (AvgIpc) is 2.46. The number of thioether (sulfide) groups is 1. The Morgan fingerprint density at radius 2 is 2.29 bits per heavy atom. The summed E-state index contributed by atoms with van der Waals surface area (Å²) < 4.78 is 0. The number of carbonyl (C=O) groups excluding carboxylic acids is 2. The van der Waals surface area contributed by atoms with Crippen LogP contribution in [0.5, 0.6) is 0 Å². The fraction of sp³-hybridized carbons (Fsp3) is 0.778. The summed E-state index contributed by atoms with van der Waals surface area (Å²) in [5.74, 6) is 0.491. The lowest BCUT2D eigenvalue weighted by molar-refractivity contribution is -0.144. The van der Waals surface area contributed by atoms with Gasteiger partial charge in [0.05, 0.1) is 6.54 Å². The zero-order valence-corrected chi connectivity index (χ0v) is 9.19. The van der Waals surface area contributed by atoms with E-state index in [1.807, 2.05) is 11.9 Å². The van der Waals surface area contributed by atoms with Crippen molar-refractivity contribution >= 4 is 23.6 Å². The molecule has 5 heteroatoms. The van der Waals surface area contributed by atoms with Gasteiger partial charge >= 0.3 is 0 Å². The molecule has 0 saturated carbocycles. The number of hydrogen-bond acceptors (Lipinski definition) is 4. The Kier molecular flexibility index (Phi) is 2.31. The Labute approximate surface area is 87.4 Å². The van der Waals surface area contributed by atoms with Gasteiger partial charge in [-0.05, 0) is 13.5 Å². The van der Waals surface area contributed by atoms with Gasteiger partial charge in [-0.1, -0.05) is 6.92 Å². The summed E-state index contributed by atoms with van der Waals surface area (Å²) in [6.45, 7) is 2.45. The first-order valence-electron chi connectivity index (χ1n) is 4.72. The van der Waals surface area contributed by atoms with E-state index in [9.17, 15) is 9.59 Å². The first-order chi connectivity index (χ1) is 6.54. The molecule has 2 fully saturated rings. The molecule has 0 bridgehead atoms. The van der Waals surface area contributed by atoms with Crippen LogP contribution in [-0.2, 0) is 9.59 Å². The highest BCUT2D eigenvalue weighted by atomic mass is 32.2. The largest absolute Gasteiger partial charge is 0.294 e. The Balaban J connectivity index is 2.25. The molecule has 0 aromatic rings. The van der Waals surface area contributed by atoms with Gasteiger partial charge in [-0.15, -0.1) is 0 Å². The zero-order chi connectivity index (χ0) is 10.3. The molecular formula is C9H14N2O2S. The van der Waals surface area contributed by atoms with Gasteiger partial charge < -0.3 is 0 Å². The lowest BCUT2D eigenvalue weighted by atomic mass is 9.91. The molecule has 2 aliphatic rings. The molecule has 1 spiro atoms. The second-order valence-corrected chi connectivity index (χ2v) is 5.52. The molecule has 2 amide bonds. The molecule has 14 heavy (non-hydrogen) atoms. The van der Waals surface area contributed by atoms with Crippen LogP contribution < -0.4 is 5.32 Å². The predicted molar refractivity (Wildman–Crippen MR) is 55.0 cm³/mol. The topological polar surface area (TPSA) is 49.4 Å². The summed E-state index contributed by atoms with van der Waals surface area (Å²) in [4.78, 5) is 24.8. The summed E-state index contributed by atoms with van der Waals surface area (Å²) in [6, 6.07) is 0. The number of rotatable bonds is 0. The van der Waals surface area contributed by atoms with E-state index in [1.54, 1.807) is 11.8 Å². The molecule has 2 unspecified atom stereocenters. The molecule has 2 atom stereocenters. The van der Waals surface area contributed by atoms with E-state index in [1.165, 1.54) is 0 Å². The van der Waals surface area contributed by atoms with Gasteiger partial charge in [-0.2, -0.15) is 11.8 Å². The number of imide groups is 1. The Hall–Kier alpha value is -0.550. The quantitative estimate of drug-likeness (QED) is 0.569. The molecule has 0 aliphatic carbocycles. The average molecular weight is 214 g/mol. The van der Waals surface area contributed by atoms with Crippen LogP contribution in [0.15, 0.2) is 0 Å². The molecule has 2 saturated heterocycles. The van der Waals surface area contributed by atoms with Crippen LogP contribution in [0.25, 0.3) is 0 Å². The van der Waals surface area contributed by atoms with Crippen molar-refractivity contribution in [1.29, 1.82) is 0 Å². The van der Waals surface area contributed by atoms with Gasteiger partial charge in [0.15, 0.2) is 0 Å². The standard InChI is InChI=1S/C9H14N2O2S/c1-6-3-9(5-14-6)8(13)10-7(12)4-11(9)2/h6H,3-5H2,1-2H3,(H,10,12,13). The monoisotopic (exact) mass is 214 g/mol. The molecule has 78 valence electrons. The summed E-state index contributed by atoms with van der Waals surface area (Å²) in [6.07, 6.45) is 0.841. The van der Waals surface area contributed by atoms with Crippen molar-refractivity contribution in [1.82, 2.24) is 10.2 Å². The van der Waals surface area contributed by atoms with Gasteiger partial charge in [0, 0.05) is 11.0 Å². The van der Waals surface area contributed by atoms with Crippen LogP contribution in [-0.4, -0.2) is 46.8 Å². The van der Waals surface area contributed by atoms with Gasteiger partial charge in [-0.3, -0.25) is 19.8 Å². The van der Waals surface area contributed by atoms with Crippen molar-refractivity contribution in [3.8, 4) is 0 Å². The fourth-order valence-electron chi connectivity index (χ4n) is 2.12. The number of nitrogens with zero attached hydrogens (tertiary/aromatic N) is 1. The minimum atomic E-state index is -0.433. The van der Waals surface area contributed by atoms with E-state index in [0.717, 1.165) is 12.2 Å². The number of carbonyl (C=O) groups is 2. The lowest BCUT2D eigenvalue weighted by Crippen LogP contribution is -2.65. The Bertz CT molecular complexity index is 295. The molecule has 0 radical (unpaired) electrons. The first-order valence-corrected chi connectivity index (χ1v) is 5.76. The van der Waals surface area contributed by atoms with Crippen LogP contribution in [0.2, 0.25) is 0 Å². The third-order valence-corrected chi connectivity index (χ3v) is 4.40. The summed E-state index contributed by atoms with van der Waals surface area (Å²) in [5, 5.41) is 2.93. The predicted octanol–water partition coefficient (Wildman–Crippen LogP) is -0.161. The molecule has 2 heterocycles. The number of nitrogens with one attached hydrogen (secondary N) is 1. The summed E-state index contributed by atoms with van der Waals surface area (Å²) in [5.41, 5.74) is -0.433. The van der Waals surface area contributed by atoms with Gasteiger partial charge in [0.1, 0.15) is 5.54 Å². The first kappa shape index (κ1) is 9.98. The molecule has 2 aliphatic heterocycles. The number of amides is 2. The molecule has 4 nitrogen and oxygen atoms in total. The van der Waals surface area contributed by atoms with E-state index in [4.69, 9.17) is 0 Å². The van der Waals surface area contributed by atoms with E-state index in [0.29, 0.717) is 11.8 Å². The maximum atomic E-state index is 11.8. The van der Waals surface area contributed by atoms with E-state index < -0.39 is 5.54 Å². The maximum Gasteiger partial charge on any atom is 0.248 e. The number of piperazine rings is 1. The molecule has 1 N–H and O–H groups in total. The van der Waals surface area contributed by atoms with Gasteiger partial charge in [0.2, 0.25) is 11.8 Å². The second-order valence-electron chi connectivity index (χ2n) is 4.09. The van der Waals surface area contributed by atoms with E-state index in [2.05, 4.69) is 12.2 Å². The van der Waals surface area contributed by atoms with E-state index in [-0.39, 0.29) is 11.8 Å². The Morgan fingerprint density at radius 1 is 1.57 bits per heavy atom. The number of likely N-dealkylation sites (N-methyl/N-ethyl adjacent to an activating group) is 1. The maximum absolute atomic E-state index is 11.8. The lowest BCUT2D eigenvalue weighted by Gasteiger charge is -2.39. The third kappa shape index (κ3) is 1.35. The zero-order valence-electron chi connectivity index (χ0n) is 8.37.